The van der Waals surface area contributed by atoms with Crippen LogP contribution < -0.4 is 5.32 Å². The number of hydrogen-bond acceptors (Lipinski definition) is 4. The molecule has 2 fully saturated rings. The maximum atomic E-state index is 12.7. The molecule has 2 aliphatic heterocycles. The Balaban J connectivity index is 1.54. The van der Waals surface area contributed by atoms with Crippen molar-refractivity contribution in [3.05, 3.63) is 15.6 Å². The predicted molar refractivity (Wildman–Crippen MR) is 94.1 cm³/mol. The molecule has 2 amide bonds. The second kappa shape index (κ2) is 7.18. The van der Waals surface area contributed by atoms with Crippen LogP contribution in [-0.2, 0) is 6.42 Å². The van der Waals surface area contributed by atoms with Crippen LogP contribution in [0.25, 0.3) is 0 Å². The van der Waals surface area contributed by atoms with Gasteiger partial charge in [-0.3, -0.25) is 0 Å². The van der Waals surface area contributed by atoms with Crippen molar-refractivity contribution in [1.82, 2.24) is 20.1 Å². The number of rotatable bonds is 4. The summed E-state index contributed by atoms with van der Waals surface area (Å²) in [6.45, 7) is 10.2. The van der Waals surface area contributed by atoms with Crippen molar-refractivity contribution >= 4 is 17.4 Å². The van der Waals surface area contributed by atoms with Crippen LogP contribution in [0.2, 0.25) is 0 Å². The summed E-state index contributed by atoms with van der Waals surface area (Å²) in [7, 11) is 0. The monoisotopic (exact) mass is 336 g/mol. The third-order valence-corrected chi connectivity index (χ3v) is 6.31. The average Bonchev–Trinajstić information content (AvgIpc) is 2.97. The van der Waals surface area contributed by atoms with Crippen LogP contribution in [0.3, 0.4) is 0 Å². The van der Waals surface area contributed by atoms with E-state index in [1.165, 1.54) is 11.3 Å². The van der Waals surface area contributed by atoms with Gasteiger partial charge in [-0.15, -0.1) is 11.3 Å². The first-order valence-electron chi connectivity index (χ1n) is 8.80. The smallest absolute Gasteiger partial charge is 0.317 e. The first-order chi connectivity index (χ1) is 11.1. The Kier molecular flexibility index (Phi) is 5.21. The molecule has 0 radical (unpaired) electrons. The van der Waals surface area contributed by atoms with E-state index in [0.29, 0.717) is 18.6 Å². The zero-order chi connectivity index (χ0) is 16.4. The fourth-order valence-electron chi connectivity index (χ4n) is 3.94. The topological polar surface area (TPSA) is 48.5 Å². The third-order valence-electron chi connectivity index (χ3n) is 5.18. The van der Waals surface area contributed by atoms with E-state index in [4.69, 9.17) is 0 Å². The van der Waals surface area contributed by atoms with Gasteiger partial charge in [-0.25, -0.2) is 9.78 Å². The normalized spacial score (nSPS) is 24.7. The zero-order valence-corrected chi connectivity index (χ0v) is 15.3. The van der Waals surface area contributed by atoms with Crippen LogP contribution in [0.5, 0.6) is 0 Å². The van der Waals surface area contributed by atoms with Crippen LogP contribution in [-0.4, -0.2) is 59.1 Å². The summed E-state index contributed by atoms with van der Waals surface area (Å²) in [6, 6.07) is 0.966. The molecule has 0 aromatic carbocycles. The lowest BCUT2D eigenvalue weighted by molar-refractivity contribution is 0.171. The molecule has 23 heavy (non-hydrogen) atoms. The second-order valence-electron chi connectivity index (χ2n) is 6.70. The minimum absolute atomic E-state index is 0.134. The molecule has 2 aliphatic rings. The number of thiazole rings is 1. The van der Waals surface area contributed by atoms with Gasteiger partial charge in [0.2, 0.25) is 0 Å². The van der Waals surface area contributed by atoms with E-state index in [0.717, 1.165) is 49.6 Å². The number of likely N-dealkylation sites (tertiary alicyclic amines) is 1. The minimum Gasteiger partial charge on any atom is -0.338 e. The van der Waals surface area contributed by atoms with Gasteiger partial charge in [0.05, 0.1) is 10.7 Å². The molecule has 2 saturated heterocycles. The van der Waals surface area contributed by atoms with Crippen LogP contribution in [0.15, 0.2) is 0 Å². The Morgan fingerprint density at radius 1 is 1.30 bits per heavy atom. The highest BCUT2D eigenvalue weighted by Crippen LogP contribution is 2.30. The maximum absolute atomic E-state index is 12.7. The largest absolute Gasteiger partial charge is 0.338 e. The van der Waals surface area contributed by atoms with Gasteiger partial charge in [0.1, 0.15) is 0 Å². The first kappa shape index (κ1) is 16.7. The molecule has 3 heterocycles. The number of fused-ring (bicyclic) bond motifs is 2. The van der Waals surface area contributed by atoms with Crippen molar-refractivity contribution in [1.29, 1.82) is 0 Å². The molecule has 6 heteroatoms. The van der Waals surface area contributed by atoms with E-state index in [1.54, 1.807) is 11.3 Å². The first-order valence-corrected chi connectivity index (χ1v) is 9.61. The van der Waals surface area contributed by atoms with Crippen molar-refractivity contribution in [2.24, 2.45) is 0 Å². The highest BCUT2D eigenvalue weighted by atomic mass is 32.1. The molecule has 2 atom stereocenters. The van der Waals surface area contributed by atoms with Crippen LogP contribution >= 0.6 is 11.3 Å². The highest BCUT2D eigenvalue weighted by molar-refractivity contribution is 7.11. The Labute approximate surface area is 143 Å². The molecule has 1 aromatic rings. The zero-order valence-electron chi connectivity index (χ0n) is 14.5. The summed E-state index contributed by atoms with van der Waals surface area (Å²) in [4.78, 5) is 23.0. The van der Waals surface area contributed by atoms with Gasteiger partial charge < -0.3 is 15.1 Å². The Bertz CT molecular complexity index is 559. The van der Waals surface area contributed by atoms with E-state index in [-0.39, 0.29) is 6.03 Å². The molecule has 2 bridgehead atoms. The van der Waals surface area contributed by atoms with E-state index < -0.39 is 0 Å². The second-order valence-corrected chi connectivity index (χ2v) is 7.99. The van der Waals surface area contributed by atoms with Gasteiger partial charge in [-0.2, -0.15) is 0 Å². The van der Waals surface area contributed by atoms with E-state index in [1.807, 2.05) is 6.92 Å². The Morgan fingerprint density at radius 2 is 2.09 bits per heavy atom. The van der Waals surface area contributed by atoms with Crippen molar-refractivity contribution in [2.75, 3.05) is 26.2 Å². The molecule has 0 spiro atoms. The van der Waals surface area contributed by atoms with E-state index in [9.17, 15) is 4.79 Å². The quantitative estimate of drug-likeness (QED) is 0.919. The fraction of sp³-hybridized carbons (Fsp3) is 0.765. The summed E-state index contributed by atoms with van der Waals surface area (Å²) in [6.07, 6.45) is 4.32. The number of aromatic nitrogens is 1. The van der Waals surface area contributed by atoms with Gasteiger partial charge in [-0.05, 0) is 39.7 Å². The number of likely N-dealkylation sites (N-methyl/N-ethyl adjacent to an activating group) is 1. The summed E-state index contributed by atoms with van der Waals surface area (Å²) in [5.74, 6) is 0. The van der Waals surface area contributed by atoms with Crippen molar-refractivity contribution in [2.45, 2.75) is 58.5 Å². The van der Waals surface area contributed by atoms with Gasteiger partial charge in [0.25, 0.3) is 0 Å². The van der Waals surface area contributed by atoms with Crippen LogP contribution in [0, 0.1) is 13.8 Å². The van der Waals surface area contributed by atoms with Gasteiger partial charge in [-0.1, -0.05) is 6.92 Å². The minimum atomic E-state index is 0.134. The molecule has 5 nitrogen and oxygen atoms in total. The molecule has 3 rings (SSSR count). The number of aryl methyl sites for hydroxylation is 2. The molecule has 1 aromatic heterocycles. The number of urea groups is 1. The SMILES string of the molecule is CCN1CCC2CCC(C1)N2C(=O)NCCc1sc(C)nc1C. The average molecular weight is 337 g/mol. The van der Waals surface area contributed by atoms with Crippen LogP contribution in [0.1, 0.15) is 41.8 Å². The lowest BCUT2D eigenvalue weighted by Crippen LogP contribution is -2.48. The van der Waals surface area contributed by atoms with Crippen molar-refractivity contribution in [3.8, 4) is 0 Å². The van der Waals surface area contributed by atoms with Gasteiger partial charge in [0.15, 0.2) is 0 Å². The Morgan fingerprint density at radius 3 is 2.78 bits per heavy atom. The number of hydrogen-bond donors (Lipinski definition) is 1. The molecule has 0 saturated carbocycles. The molecular weight excluding hydrogens is 308 g/mol. The van der Waals surface area contributed by atoms with Crippen molar-refractivity contribution < 1.29 is 4.79 Å². The Hall–Kier alpha value is -1.14. The summed E-state index contributed by atoms with van der Waals surface area (Å²) < 4.78 is 0. The van der Waals surface area contributed by atoms with E-state index >= 15 is 0 Å². The maximum Gasteiger partial charge on any atom is 0.317 e. The molecule has 0 aliphatic carbocycles. The number of nitrogens with zero attached hydrogens (tertiary/aromatic N) is 3. The highest BCUT2D eigenvalue weighted by Gasteiger charge is 2.39. The van der Waals surface area contributed by atoms with E-state index in [2.05, 4.69) is 33.9 Å². The van der Waals surface area contributed by atoms with Gasteiger partial charge >= 0.3 is 6.03 Å². The number of carbonyl (C=O) groups excluding carboxylic acids is 1. The number of carbonyl (C=O) groups is 1. The molecule has 128 valence electrons. The standard InChI is InChI=1S/C17H28N4OS/c1-4-20-10-8-14-5-6-15(11-20)21(14)17(22)18-9-7-16-12(2)19-13(3)23-16/h14-15H,4-11H2,1-3H3,(H,18,22). The number of amides is 2. The van der Waals surface area contributed by atoms with Crippen molar-refractivity contribution in [3.63, 3.8) is 0 Å². The third kappa shape index (κ3) is 3.69. The molecule has 2 unspecified atom stereocenters. The number of nitrogens with one attached hydrogen (secondary N) is 1. The summed E-state index contributed by atoms with van der Waals surface area (Å²) >= 11 is 1.74. The molecular formula is C17H28N4OS. The summed E-state index contributed by atoms with van der Waals surface area (Å²) in [5, 5.41) is 4.25. The lowest BCUT2D eigenvalue weighted by atomic mass is 10.1. The predicted octanol–water partition coefficient (Wildman–Crippen LogP) is 2.57. The van der Waals surface area contributed by atoms with Crippen LogP contribution in [0.4, 0.5) is 4.79 Å². The summed E-state index contributed by atoms with van der Waals surface area (Å²) in [5.41, 5.74) is 1.11. The molecule has 1 N–H and O–H groups in total. The lowest BCUT2D eigenvalue weighted by Gasteiger charge is -2.29. The van der Waals surface area contributed by atoms with Gasteiger partial charge in [0, 0.05) is 43.0 Å². The fourth-order valence-corrected chi connectivity index (χ4v) is 4.88.